The van der Waals surface area contributed by atoms with E-state index >= 15 is 0 Å². The standard InChI is InChI=1S/C65H124O6/c1-4-7-10-13-16-19-22-25-28-31-32-35-37-40-43-46-49-52-55-58-64(67)70-61-62(71-65(68)59-56-53-50-47-44-41-38-34-30-27-24-21-18-15-12-9-6-3)60-69-63(66)57-54-51-48-45-42-39-36-33-29-26-23-20-17-14-11-8-5-2/h25,28,62H,4-24,26-27,29-61H2,1-3H3/b28-25-. The van der Waals surface area contributed by atoms with Gasteiger partial charge in [-0.3, -0.25) is 14.4 Å². The predicted octanol–water partition coefficient (Wildman–Crippen LogP) is 21.7. The van der Waals surface area contributed by atoms with E-state index in [1.165, 1.54) is 270 Å². The summed E-state index contributed by atoms with van der Waals surface area (Å²) in [6.07, 6.45) is 70.7. The second-order valence-corrected chi connectivity index (χ2v) is 22.0. The number of carbonyl (C=O) groups excluding carboxylic acids is 3. The Kier molecular flexibility index (Phi) is 59.1. The van der Waals surface area contributed by atoms with Crippen molar-refractivity contribution in [1.29, 1.82) is 0 Å². The summed E-state index contributed by atoms with van der Waals surface area (Å²) in [7, 11) is 0. The van der Waals surface area contributed by atoms with E-state index in [0.717, 1.165) is 57.8 Å². The fourth-order valence-corrected chi connectivity index (χ4v) is 9.91. The number of esters is 3. The summed E-state index contributed by atoms with van der Waals surface area (Å²) >= 11 is 0. The van der Waals surface area contributed by atoms with E-state index in [1.54, 1.807) is 0 Å². The normalized spacial score (nSPS) is 12.0. The van der Waals surface area contributed by atoms with Crippen molar-refractivity contribution in [2.45, 2.75) is 374 Å². The Morgan fingerprint density at radius 2 is 0.465 bits per heavy atom. The first-order chi connectivity index (χ1) is 35.0. The summed E-state index contributed by atoms with van der Waals surface area (Å²) in [5.74, 6) is -0.834. The lowest BCUT2D eigenvalue weighted by Gasteiger charge is -2.18. The molecular weight excluding hydrogens is 877 g/mol. The van der Waals surface area contributed by atoms with E-state index in [-0.39, 0.29) is 31.1 Å². The Morgan fingerprint density at radius 3 is 0.704 bits per heavy atom. The molecule has 71 heavy (non-hydrogen) atoms. The van der Waals surface area contributed by atoms with Gasteiger partial charge in [-0.15, -0.1) is 0 Å². The lowest BCUT2D eigenvalue weighted by atomic mass is 10.0. The third kappa shape index (κ3) is 58.9. The molecule has 1 unspecified atom stereocenters. The first kappa shape index (κ1) is 69.2. The highest BCUT2D eigenvalue weighted by Crippen LogP contribution is 2.18. The fraction of sp³-hybridized carbons (Fsp3) is 0.923. The molecule has 0 radical (unpaired) electrons. The molecule has 0 aromatic carbocycles. The highest BCUT2D eigenvalue weighted by atomic mass is 16.6. The van der Waals surface area contributed by atoms with Crippen LogP contribution in [0.4, 0.5) is 0 Å². The van der Waals surface area contributed by atoms with Crippen molar-refractivity contribution in [3.8, 4) is 0 Å². The molecule has 0 rings (SSSR count). The third-order valence-electron chi connectivity index (χ3n) is 14.8. The lowest BCUT2D eigenvalue weighted by Crippen LogP contribution is -2.30. The lowest BCUT2D eigenvalue weighted by molar-refractivity contribution is -0.167. The van der Waals surface area contributed by atoms with Gasteiger partial charge in [0.05, 0.1) is 0 Å². The molecule has 0 aliphatic carbocycles. The van der Waals surface area contributed by atoms with Gasteiger partial charge in [0.1, 0.15) is 13.2 Å². The van der Waals surface area contributed by atoms with Gasteiger partial charge in [0.15, 0.2) is 6.10 Å². The molecule has 6 nitrogen and oxygen atoms in total. The van der Waals surface area contributed by atoms with Crippen LogP contribution in [-0.2, 0) is 28.6 Å². The maximum absolute atomic E-state index is 12.9. The maximum Gasteiger partial charge on any atom is 0.306 e. The van der Waals surface area contributed by atoms with Gasteiger partial charge in [-0.05, 0) is 44.9 Å². The van der Waals surface area contributed by atoms with Crippen molar-refractivity contribution >= 4 is 17.9 Å². The van der Waals surface area contributed by atoms with E-state index < -0.39 is 6.10 Å². The molecule has 0 saturated heterocycles. The van der Waals surface area contributed by atoms with Gasteiger partial charge in [-0.1, -0.05) is 315 Å². The minimum atomic E-state index is -0.766. The summed E-state index contributed by atoms with van der Waals surface area (Å²) in [4.78, 5) is 38.3. The smallest absolute Gasteiger partial charge is 0.306 e. The van der Waals surface area contributed by atoms with Crippen molar-refractivity contribution < 1.29 is 28.6 Å². The number of unbranched alkanes of at least 4 members (excludes halogenated alkanes) is 47. The van der Waals surface area contributed by atoms with Gasteiger partial charge >= 0.3 is 17.9 Å². The zero-order valence-corrected chi connectivity index (χ0v) is 48.3. The summed E-state index contributed by atoms with van der Waals surface area (Å²) in [5.41, 5.74) is 0. The second kappa shape index (κ2) is 60.7. The Bertz CT molecular complexity index is 1100. The monoisotopic (exact) mass is 1000 g/mol. The van der Waals surface area contributed by atoms with Crippen molar-refractivity contribution in [2.75, 3.05) is 13.2 Å². The van der Waals surface area contributed by atoms with E-state index in [4.69, 9.17) is 14.2 Å². The molecule has 0 fully saturated rings. The van der Waals surface area contributed by atoms with Crippen LogP contribution in [0.3, 0.4) is 0 Å². The van der Waals surface area contributed by atoms with Crippen LogP contribution in [0.2, 0.25) is 0 Å². The van der Waals surface area contributed by atoms with Crippen LogP contribution in [0.15, 0.2) is 12.2 Å². The molecule has 0 aliphatic heterocycles. The summed E-state index contributed by atoms with van der Waals surface area (Å²) < 4.78 is 17.0. The number of rotatable bonds is 60. The molecule has 6 heteroatoms. The van der Waals surface area contributed by atoms with E-state index in [9.17, 15) is 14.4 Å². The van der Waals surface area contributed by atoms with E-state index in [1.807, 2.05) is 0 Å². The molecule has 0 heterocycles. The Balaban J connectivity index is 4.30. The maximum atomic E-state index is 12.9. The molecule has 0 N–H and O–H groups in total. The first-order valence-electron chi connectivity index (χ1n) is 32.2. The largest absolute Gasteiger partial charge is 0.462 e. The van der Waals surface area contributed by atoms with Gasteiger partial charge in [0.25, 0.3) is 0 Å². The highest BCUT2D eigenvalue weighted by molar-refractivity contribution is 5.71. The Labute approximate surface area is 443 Å². The molecule has 0 amide bonds. The average Bonchev–Trinajstić information content (AvgIpc) is 3.37. The Morgan fingerprint density at radius 1 is 0.268 bits per heavy atom. The van der Waals surface area contributed by atoms with Crippen LogP contribution < -0.4 is 0 Å². The van der Waals surface area contributed by atoms with Crippen LogP contribution >= 0.6 is 0 Å². The second-order valence-electron chi connectivity index (χ2n) is 22.0. The van der Waals surface area contributed by atoms with Gasteiger partial charge in [0, 0.05) is 19.3 Å². The van der Waals surface area contributed by atoms with Crippen molar-refractivity contribution in [1.82, 2.24) is 0 Å². The molecule has 0 aromatic heterocycles. The van der Waals surface area contributed by atoms with Crippen LogP contribution in [0.1, 0.15) is 367 Å². The summed E-state index contributed by atoms with van der Waals surface area (Å²) in [5, 5.41) is 0. The highest BCUT2D eigenvalue weighted by Gasteiger charge is 2.19. The molecular formula is C65H124O6. The number of carbonyl (C=O) groups is 3. The molecule has 0 saturated carbocycles. The first-order valence-corrected chi connectivity index (χ1v) is 32.2. The van der Waals surface area contributed by atoms with E-state index in [2.05, 4.69) is 32.9 Å². The van der Waals surface area contributed by atoms with Crippen molar-refractivity contribution in [3.05, 3.63) is 12.2 Å². The zero-order valence-electron chi connectivity index (χ0n) is 48.3. The summed E-state index contributed by atoms with van der Waals surface area (Å²) in [6.45, 7) is 6.72. The predicted molar refractivity (Wildman–Crippen MR) is 307 cm³/mol. The number of hydrogen-bond donors (Lipinski definition) is 0. The van der Waals surface area contributed by atoms with Crippen molar-refractivity contribution in [2.24, 2.45) is 0 Å². The van der Waals surface area contributed by atoms with Gasteiger partial charge < -0.3 is 14.2 Å². The SMILES string of the molecule is CCCCCCCC/C=C\CCCCCCCCCCCC(=O)OCC(COC(=O)CCCCCCCCCCCCCCCCCCC)OC(=O)CCCCCCCCCCCCCCCCCCC. The third-order valence-corrected chi connectivity index (χ3v) is 14.8. The van der Waals surface area contributed by atoms with Gasteiger partial charge in [0.2, 0.25) is 0 Å². The van der Waals surface area contributed by atoms with Crippen LogP contribution in [0.5, 0.6) is 0 Å². The minimum Gasteiger partial charge on any atom is -0.462 e. The molecule has 0 bridgehead atoms. The quantitative estimate of drug-likeness (QED) is 0.0261. The fourth-order valence-electron chi connectivity index (χ4n) is 9.91. The molecule has 0 spiro atoms. The average molecular weight is 1000 g/mol. The van der Waals surface area contributed by atoms with Crippen LogP contribution in [0, 0.1) is 0 Å². The number of ether oxygens (including phenoxy) is 3. The number of hydrogen-bond acceptors (Lipinski definition) is 6. The topological polar surface area (TPSA) is 78.9 Å². The van der Waals surface area contributed by atoms with Crippen molar-refractivity contribution in [3.63, 3.8) is 0 Å². The number of allylic oxidation sites excluding steroid dienone is 2. The molecule has 0 aromatic rings. The summed E-state index contributed by atoms with van der Waals surface area (Å²) in [6, 6.07) is 0. The van der Waals surface area contributed by atoms with Gasteiger partial charge in [-0.25, -0.2) is 0 Å². The van der Waals surface area contributed by atoms with E-state index in [0.29, 0.717) is 19.3 Å². The molecule has 0 aliphatic rings. The van der Waals surface area contributed by atoms with Crippen LogP contribution in [0.25, 0.3) is 0 Å². The molecule has 1 atom stereocenters. The Hall–Kier alpha value is -1.85. The van der Waals surface area contributed by atoms with Crippen LogP contribution in [-0.4, -0.2) is 37.2 Å². The van der Waals surface area contributed by atoms with Gasteiger partial charge in [-0.2, -0.15) is 0 Å². The molecule has 420 valence electrons. The zero-order chi connectivity index (χ0) is 51.4. The minimum absolute atomic E-state index is 0.0637.